The van der Waals surface area contributed by atoms with Crippen molar-refractivity contribution in [2.24, 2.45) is 0 Å². The van der Waals surface area contributed by atoms with Gasteiger partial charge in [0.05, 0.1) is 30.2 Å². The zero-order chi connectivity index (χ0) is 15.2. The number of aromatic nitrogens is 2. The summed E-state index contributed by atoms with van der Waals surface area (Å²) in [5.74, 6) is 0.557. The third kappa shape index (κ3) is 4.25. The molecular weight excluding hydrogens is 294 g/mol. The number of methoxy groups -OCH3 is 2. The Morgan fingerprint density at radius 1 is 1.43 bits per heavy atom. The third-order valence-corrected chi connectivity index (χ3v) is 3.30. The summed E-state index contributed by atoms with van der Waals surface area (Å²) in [6, 6.07) is 5.02. The van der Waals surface area contributed by atoms with Crippen molar-refractivity contribution in [1.82, 2.24) is 15.3 Å². The molecule has 0 aliphatic rings. The summed E-state index contributed by atoms with van der Waals surface area (Å²) in [4.78, 5) is 19.1. The van der Waals surface area contributed by atoms with Gasteiger partial charge >= 0.3 is 0 Å². The highest BCUT2D eigenvalue weighted by Gasteiger charge is 2.08. The maximum Gasteiger partial charge on any atom is 0.258 e. The summed E-state index contributed by atoms with van der Waals surface area (Å²) in [6.07, 6.45) is -0.0448. The molecule has 0 aliphatic carbocycles. The maximum atomic E-state index is 12.0. The summed E-state index contributed by atoms with van der Waals surface area (Å²) in [5, 5.41) is 4.25. The van der Waals surface area contributed by atoms with Gasteiger partial charge in [-0.15, -0.1) is 0 Å². The molecule has 0 saturated carbocycles. The Hall–Kier alpha value is -1.47. The Kier molecular flexibility index (Phi) is 5.69. The average Bonchev–Trinajstić information content (AvgIpc) is 2.45. The molecule has 6 nitrogen and oxygen atoms in total. The lowest BCUT2D eigenvalue weighted by Crippen LogP contribution is -2.32. The van der Waals surface area contributed by atoms with Gasteiger partial charge in [-0.2, -0.15) is 0 Å². The van der Waals surface area contributed by atoms with Crippen LogP contribution in [0.2, 0.25) is 5.02 Å². The molecule has 7 heteroatoms. The molecule has 114 valence electrons. The first-order valence-corrected chi connectivity index (χ1v) is 6.92. The largest absolute Gasteiger partial charge is 0.382 e. The van der Waals surface area contributed by atoms with Gasteiger partial charge in [0.2, 0.25) is 0 Å². The summed E-state index contributed by atoms with van der Waals surface area (Å²) in [7, 11) is 3.25. The molecule has 1 heterocycles. The molecule has 2 N–H and O–H groups in total. The Bertz CT molecular complexity index is 659. The molecule has 0 radical (unpaired) electrons. The van der Waals surface area contributed by atoms with Crippen LogP contribution >= 0.6 is 11.6 Å². The van der Waals surface area contributed by atoms with E-state index >= 15 is 0 Å². The predicted molar refractivity (Wildman–Crippen MR) is 81.8 cm³/mol. The Morgan fingerprint density at radius 2 is 2.24 bits per heavy atom. The Labute approximate surface area is 127 Å². The molecule has 0 aliphatic heterocycles. The number of nitrogens with zero attached hydrogens (tertiary/aromatic N) is 1. The quantitative estimate of drug-likeness (QED) is 0.806. The molecule has 0 bridgehead atoms. The van der Waals surface area contributed by atoms with E-state index in [2.05, 4.69) is 15.3 Å². The van der Waals surface area contributed by atoms with Crippen LogP contribution in [0, 0.1) is 0 Å². The highest BCUT2D eigenvalue weighted by Crippen LogP contribution is 2.14. The molecule has 1 aromatic carbocycles. The van der Waals surface area contributed by atoms with Gasteiger partial charge in [0.1, 0.15) is 5.82 Å². The van der Waals surface area contributed by atoms with E-state index < -0.39 is 0 Å². The van der Waals surface area contributed by atoms with Gasteiger partial charge in [0.25, 0.3) is 5.56 Å². The molecule has 1 aromatic heterocycles. The van der Waals surface area contributed by atoms with Crippen molar-refractivity contribution in [2.75, 3.05) is 27.4 Å². The number of ether oxygens (including phenoxy) is 2. The van der Waals surface area contributed by atoms with Crippen LogP contribution in [0.1, 0.15) is 5.82 Å². The molecule has 0 spiro atoms. The fraction of sp³-hybridized carbons (Fsp3) is 0.429. The zero-order valence-corrected chi connectivity index (χ0v) is 12.7. The van der Waals surface area contributed by atoms with Crippen molar-refractivity contribution in [3.8, 4) is 0 Å². The Balaban J connectivity index is 2.07. The van der Waals surface area contributed by atoms with Gasteiger partial charge in [-0.05, 0) is 18.2 Å². The van der Waals surface area contributed by atoms with Crippen molar-refractivity contribution in [3.05, 3.63) is 39.4 Å². The number of fused-ring (bicyclic) bond motifs is 1. The van der Waals surface area contributed by atoms with E-state index in [0.29, 0.717) is 41.4 Å². The van der Waals surface area contributed by atoms with E-state index in [4.69, 9.17) is 21.1 Å². The lowest BCUT2D eigenvalue weighted by molar-refractivity contribution is 0.0287. The van der Waals surface area contributed by atoms with Gasteiger partial charge in [0, 0.05) is 25.8 Å². The molecule has 0 fully saturated rings. The van der Waals surface area contributed by atoms with Crippen molar-refractivity contribution in [1.29, 1.82) is 0 Å². The van der Waals surface area contributed by atoms with Crippen LogP contribution in [0.5, 0.6) is 0 Å². The molecule has 1 atom stereocenters. The second-order valence-corrected chi connectivity index (χ2v) is 5.05. The van der Waals surface area contributed by atoms with Crippen LogP contribution in [0.15, 0.2) is 23.0 Å². The van der Waals surface area contributed by atoms with Crippen molar-refractivity contribution < 1.29 is 9.47 Å². The fourth-order valence-corrected chi connectivity index (χ4v) is 2.16. The monoisotopic (exact) mass is 311 g/mol. The first-order valence-electron chi connectivity index (χ1n) is 6.55. The summed E-state index contributed by atoms with van der Waals surface area (Å²) >= 11 is 5.92. The van der Waals surface area contributed by atoms with Crippen LogP contribution in [-0.4, -0.2) is 43.4 Å². The predicted octanol–water partition coefficient (Wildman–Crippen LogP) is 1.33. The van der Waals surface area contributed by atoms with Gasteiger partial charge in [-0.1, -0.05) is 11.6 Å². The topological polar surface area (TPSA) is 76.2 Å². The first-order chi connectivity index (χ1) is 10.1. The number of hydrogen-bond donors (Lipinski definition) is 2. The van der Waals surface area contributed by atoms with Crippen LogP contribution in [0.25, 0.3) is 10.9 Å². The SMILES string of the molecule is COCC(CNCc1nc2cc(Cl)ccc2c(=O)[nH]1)OC. The molecule has 2 rings (SSSR count). The molecule has 2 aromatic rings. The molecule has 0 amide bonds. The van der Waals surface area contributed by atoms with Crippen LogP contribution < -0.4 is 10.9 Å². The molecule has 1 unspecified atom stereocenters. The second-order valence-electron chi connectivity index (χ2n) is 4.62. The standard InChI is InChI=1S/C14H18ClN3O3/c1-20-8-10(21-2)6-16-7-13-17-12-5-9(15)3-4-11(12)14(19)18-13/h3-5,10,16H,6-8H2,1-2H3,(H,17,18,19). The minimum atomic E-state index is -0.173. The maximum absolute atomic E-state index is 12.0. The lowest BCUT2D eigenvalue weighted by atomic mass is 10.2. The van der Waals surface area contributed by atoms with Gasteiger partial charge < -0.3 is 19.8 Å². The smallest absolute Gasteiger partial charge is 0.258 e. The van der Waals surface area contributed by atoms with Gasteiger partial charge in [0.15, 0.2) is 0 Å². The normalized spacial score (nSPS) is 12.7. The Morgan fingerprint density at radius 3 is 2.95 bits per heavy atom. The van der Waals surface area contributed by atoms with E-state index in [0.717, 1.165) is 0 Å². The number of aromatic amines is 1. The van der Waals surface area contributed by atoms with Crippen LogP contribution in [0.3, 0.4) is 0 Å². The van der Waals surface area contributed by atoms with E-state index in [1.807, 2.05) is 0 Å². The minimum Gasteiger partial charge on any atom is -0.382 e. The number of rotatable bonds is 7. The lowest BCUT2D eigenvalue weighted by Gasteiger charge is -2.14. The van der Waals surface area contributed by atoms with Gasteiger partial charge in [-0.3, -0.25) is 4.79 Å². The fourth-order valence-electron chi connectivity index (χ4n) is 1.99. The van der Waals surface area contributed by atoms with E-state index in [9.17, 15) is 4.79 Å². The third-order valence-electron chi connectivity index (χ3n) is 3.07. The van der Waals surface area contributed by atoms with Crippen molar-refractivity contribution in [2.45, 2.75) is 12.6 Å². The summed E-state index contributed by atoms with van der Waals surface area (Å²) < 4.78 is 10.3. The number of nitrogens with one attached hydrogen (secondary N) is 2. The van der Waals surface area contributed by atoms with Gasteiger partial charge in [-0.25, -0.2) is 4.98 Å². The van der Waals surface area contributed by atoms with Crippen LogP contribution in [-0.2, 0) is 16.0 Å². The number of hydrogen-bond acceptors (Lipinski definition) is 5. The molecule has 0 saturated heterocycles. The highest BCUT2D eigenvalue weighted by molar-refractivity contribution is 6.31. The molecular formula is C14H18ClN3O3. The van der Waals surface area contributed by atoms with Crippen LogP contribution in [0.4, 0.5) is 0 Å². The minimum absolute atomic E-state index is 0.0448. The number of benzene rings is 1. The summed E-state index contributed by atoms with van der Waals surface area (Å²) in [6.45, 7) is 1.53. The highest BCUT2D eigenvalue weighted by atomic mass is 35.5. The van der Waals surface area contributed by atoms with E-state index in [1.54, 1.807) is 32.4 Å². The summed E-state index contributed by atoms with van der Waals surface area (Å²) in [5.41, 5.74) is 0.414. The van der Waals surface area contributed by atoms with E-state index in [-0.39, 0.29) is 11.7 Å². The number of halogens is 1. The average molecular weight is 312 g/mol. The first kappa shape index (κ1) is 15.9. The van der Waals surface area contributed by atoms with E-state index in [1.165, 1.54) is 0 Å². The number of H-pyrrole nitrogens is 1. The molecule has 21 heavy (non-hydrogen) atoms. The van der Waals surface area contributed by atoms with Crippen molar-refractivity contribution >= 4 is 22.5 Å². The second kappa shape index (κ2) is 7.51. The van der Waals surface area contributed by atoms with Crippen molar-refractivity contribution in [3.63, 3.8) is 0 Å². The zero-order valence-electron chi connectivity index (χ0n) is 12.0.